The van der Waals surface area contributed by atoms with E-state index in [0.717, 1.165) is 51.0 Å². The molecule has 0 amide bonds. The normalized spacial score (nSPS) is 22.0. The predicted molar refractivity (Wildman–Crippen MR) is 105 cm³/mol. The zero-order valence-electron chi connectivity index (χ0n) is 15.4. The first-order chi connectivity index (χ1) is 12.5. The van der Waals surface area contributed by atoms with Crippen molar-refractivity contribution in [2.24, 2.45) is 0 Å². The fourth-order valence-electron chi connectivity index (χ4n) is 4.26. The maximum Gasteiger partial charge on any atom is 0.116 e. The summed E-state index contributed by atoms with van der Waals surface area (Å²) in [5.74, 6) is 0.338. The van der Waals surface area contributed by atoms with Crippen LogP contribution in [0.4, 0.5) is 5.69 Å². The van der Waals surface area contributed by atoms with Gasteiger partial charge in [-0.05, 0) is 55.5 Å². The Kier molecular flexibility index (Phi) is 4.63. The van der Waals surface area contributed by atoms with Crippen LogP contribution in [0.5, 0.6) is 5.75 Å². The van der Waals surface area contributed by atoms with Gasteiger partial charge >= 0.3 is 0 Å². The number of aromatic hydroxyl groups is 1. The summed E-state index contributed by atoms with van der Waals surface area (Å²) in [6.07, 6.45) is 3.34. The third-order valence-electron chi connectivity index (χ3n) is 5.83. The van der Waals surface area contributed by atoms with E-state index < -0.39 is 5.60 Å². The van der Waals surface area contributed by atoms with E-state index in [4.69, 9.17) is 0 Å². The lowest BCUT2D eigenvalue weighted by Gasteiger charge is -2.39. The van der Waals surface area contributed by atoms with E-state index >= 15 is 0 Å². The number of anilines is 1. The number of phenolic OH excluding ortho intramolecular Hbond substituents is 1. The molecule has 2 aliphatic heterocycles. The Morgan fingerprint density at radius 2 is 1.85 bits per heavy atom. The summed E-state index contributed by atoms with van der Waals surface area (Å²) in [5, 5.41) is 24.2. The minimum atomic E-state index is -0.580. The molecule has 3 N–H and O–H groups in total. The molecule has 0 saturated carbocycles. The molecule has 2 heterocycles. The third kappa shape index (κ3) is 3.87. The molecule has 2 aliphatic rings. The van der Waals surface area contributed by atoms with Gasteiger partial charge in [0.2, 0.25) is 0 Å². The van der Waals surface area contributed by atoms with Gasteiger partial charge < -0.3 is 20.4 Å². The van der Waals surface area contributed by atoms with Gasteiger partial charge in [-0.2, -0.15) is 0 Å². The van der Waals surface area contributed by atoms with Crippen molar-refractivity contribution in [3.63, 3.8) is 0 Å². The second-order valence-electron chi connectivity index (χ2n) is 8.07. The summed E-state index contributed by atoms with van der Waals surface area (Å²) in [4.78, 5) is 2.45. The van der Waals surface area contributed by atoms with Gasteiger partial charge in [0.1, 0.15) is 5.75 Å². The zero-order valence-corrected chi connectivity index (χ0v) is 15.4. The Morgan fingerprint density at radius 1 is 1.12 bits per heavy atom. The highest BCUT2D eigenvalue weighted by Crippen LogP contribution is 2.31. The number of benzene rings is 2. The fourth-order valence-corrected chi connectivity index (χ4v) is 4.26. The van der Waals surface area contributed by atoms with Gasteiger partial charge in [0.25, 0.3) is 0 Å². The first-order valence-corrected chi connectivity index (χ1v) is 9.58. The van der Waals surface area contributed by atoms with Gasteiger partial charge in [-0.15, -0.1) is 0 Å². The maximum atomic E-state index is 11.0. The molecular weight excluding hydrogens is 324 g/mol. The van der Waals surface area contributed by atoms with Crippen LogP contribution in [0.3, 0.4) is 0 Å². The number of phenols is 1. The zero-order chi connectivity index (χ0) is 18.1. The fraction of sp³-hybridized carbons (Fsp3) is 0.455. The Morgan fingerprint density at radius 3 is 2.58 bits per heavy atom. The lowest BCUT2D eigenvalue weighted by molar-refractivity contribution is -0.0211. The molecule has 2 aromatic rings. The van der Waals surface area contributed by atoms with Crippen LogP contribution < -0.4 is 5.32 Å². The SMILES string of the molecule is Cc1ccc(CC2(O)CCN(CC3Cc4cc(O)ccc4N3)CC2)cc1. The molecule has 4 nitrogen and oxygen atoms in total. The molecule has 0 aromatic heterocycles. The van der Waals surface area contributed by atoms with Crippen molar-refractivity contribution in [2.45, 2.75) is 44.2 Å². The Bertz CT molecular complexity index is 764. The number of aryl methyl sites for hydroxylation is 1. The number of piperidine rings is 1. The van der Waals surface area contributed by atoms with E-state index in [9.17, 15) is 10.2 Å². The average Bonchev–Trinajstić information content (AvgIpc) is 3.01. The molecule has 4 rings (SSSR count). The van der Waals surface area contributed by atoms with Crippen molar-refractivity contribution in [2.75, 3.05) is 25.0 Å². The molecular formula is C22H28N2O2. The smallest absolute Gasteiger partial charge is 0.116 e. The van der Waals surface area contributed by atoms with Crippen LogP contribution in [0.2, 0.25) is 0 Å². The third-order valence-corrected chi connectivity index (χ3v) is 5.83. The number of hydrogen-bond donors (Lipinski definition) is 3. The lowest BCUT2D eigenvalue weighted by atomic mass is 9.85. The average molecular weight is 352 g/mol. The van der Waals surface area contributed by atoms with Crippen molar-refractivity contribution in [1.82, 2.24) is 4.90 Å². The first kappa shape index (κ1) is 17.4. The standard InChI is InChI=1S/C22H28N2O2/c1-16-2-4-17(5-3-16)14-22(26)8-10-24(11-9-22)15-19-12-18-13-20(25)6-7-21(18)23-19/h2-7,13,19,23,25-26H,8-12,14-15H2,1H3. The number of fused-ring (bicyclic) bond motifs is 1. The Hall–Kier alpha value is -2.04. The Balaban J connectivity index is 1.29. The van der Waals surface area contributed by atoms with Crippen molar-refractivity contribution in [3.8, 4) is 5.75 Å². The number of likely N-dealkylation sites (tertiary alicyclic amines) is 1. The number of hydrogen-bond acceptors (Lipinski definition) is 4. The molecule has 2 aromatic carbocycles. The van der Waals surface area contributed by atoms with Crippen molar-refractivity contribution >= 4 is 5.69 Å². The summed E-state index contributed by atoms with van der Waals surface area (Å²) in [7, 11) is 0. The number of rotatable bonds is 4. The molecule has 0 spiro atoms. The molecule has 1 unspecified atom stereocenters. The second kappa shape index (κ2) is 6.93. The van der Waals surface area contributed by atoms with Gasteiger partial charge in [0.15, 0.2) is 0 Å². The van der Waals surface area contributed by atoms with Gasteiger partial charge in [0.05, 0.1) is 5.60 Å². The monoisotopic (exact) mass is 352 g/mol. The van der Waals surface area contributed by atoms with Crippen LogP contribution in [0.1, 0.15) is 29.5 Å². The van der Waals surface area contributed by atoms with Gasteiger partial charge in [-0.25, -0.2) is 0 Å². The molecule has 26 heavy (non-hydrogen) atoms. The lowest BCUT2D eigenvalue weighted by Crippen LogP contribution is -2.48. The number of nitrogens with zero attached hydrogens (tertiary/aromatic N) is 1. The first-order valence-electron chi connectivity index (χ1n) is 9.58. The Labute approximate surface area is 155 Å². The van der Waals surface area contributed by atoms with Crippen molar-refractivity contribution in [3.05, 3.63) is 59.2 Å². The number of nitrogens with one attached hydrogen (secondary N) is 1. The van der Waals surface area contributed by atoms with Crippen LogP contribution in [0, 0.1) is 6.92 Å². The molecule has 138 valence electrons. The molecule has 0 bridgehead atoms. The van der Waals surface area contributed by atoms with E-state index in [2.05, 4.69) is 41.4 Å². The highest BCUT2D eigenvalue weighted by atomic mass is 16.3. The van der Waals surface area contributed by atoms with Crippen LogP contribution in [-0.2, 0) is 12.8 Å². The van der Waals surface area contributed by atoms with Crippen LogP contribution in [0.15, 0.2) is 42.5 Å². The summed E-state index contributed by atoms with van der Waals surface area (Å²) >= 11 is 0. The van der Waals surface area contributed by atoms with Crippen LogP contribution in [-0.4, -0.2) is 46.4 Å². The van der Waals surface area contributed by atoms with E-state index in [0.29, 0.717) is 11.8 Å². The van der Waals surface area contributed by atoms with Gasteiger partial charge in [-0.1, -0.05) is 29.8 Å². The molecule has 0 radical (unpaired) electrons. The van der Waals surface area contributed by atoms with E-state index in [-0.39, 0.29) is 0 Å². The summed E-state index contributed by atoms with van der Waals surface area (Å²) in [5.41, 5.74) is 4.24. The molecule has 1 atom stereocenters. The highest BCUT2D eigenvalue weighted by molar-refractivity contribution is 5.59. The van der Waals surface area contributed by atoms with Gasteiger partial charge in [-0.3, -0.25) is 0 Å². The molecule has 1 fully saturated rings. The maximum absolute atomic E-state index is 11.0. The predicted octanol–water partition coefficient (Wildman–Crippen LogP) is 3.11. The van der Waals surface area contributed by atoms with Crippen LogP contribution >= 0.6 is 0 Å². The van der Waals surface area contributed by atoms with Gasteiger partial charge in [0, 0.05) is 37.8 Å². The number of aliphatic hydroxyl groups is 1. The largest absolute Gasteiger partial charge is 0.508 e. The minimum absolute atomic E-state index is 0.338. The van der Waals surface area contributed by atoms with Crippen molar-refractivity contribution in [1.29, 1.82) is 0 Å². The topological polar surface area (TPSA) is 55.7 Å². The highest BCUT2D eigenvalue weighted by Gasteiger charge is 2.33. The van der Waals surface area contributed by atoms with Crippen LogP contribution in [0.25, 0.3) is 0 Å². The minimum Gasteiger partial charge on any atom is -0.508 e. The summed E-state index contributed by atoms with van der Waals surface area (Å²) < 4.78 is 0. The van der Waals surface area contributed by atoms with E-state index in [1.54, 1.807) is 6.07 Å². The molecule has 1 saturated heterocycles. The molecule has 0 aliphatic carbocycles. The van der Waals surface area contributed by atoms with Crippen molar-refractivity contribution < 1.29 is 10.2 Å². The summed E-state index contributed by atoms with van der Waals surface area (Å²) in [6, 6.07) is 14.4. The summed E-state index contributed by atoms with van der Waals surface area (Å²) in [6.45, 7) is 4.94. The van der Waals surface area contributed by atoms with E-state index in [1.165, 1.54) is 16.7 Å². The quantitative estimate of drug-likeness (QED) is 0.740. The van der Waals surface area contributed by atoms with E-state index in [1.807, 2.05) is 12.1 Å². The second-order valence-corrected chi connectivity index (χ2v) is 8.07. The molecule has 4 heteroatoms.